The molecule has 7 nitrogen and oxygen atoms in total. The first kappa shape index (κ1) is 16.0. The van der Waals surface area contributed by atoms with Crippen molar-refractivity contribution in [2.24, 2.45) is 5.73 Å². The zero-order chi connectivity index (χ0) is 15.1. The number of nitrogens with two attached hydrogens (primary N) is 1. The Labute approximate surface area is 120 Å². The van der Waals surface area contributed by atoms with Gasteiger partial charge in [0.2, 0.25) is 5.91 Å². The van der Waals surface area contributed by atoms with E-state index in [9.17, 15) is 14.4 Å². The lowest BCUT2D eigenvalue weighted by Gasteiger charge is -2.17. The SMILES string of the molecule is CC(NC(=O)NC(CCC(N)=O)C(=O)O)c1ccsc1. The van der Waals surface area contributed by atoms with Crippen LogP contribution in [-0.4, -0.2) is 29.1 Å². The number of rotatable bonds is 7. The molecular weight excluding hydrogens is 282 g/mol. The minimum Gasteiger partial charge on any atom is -0.480 e. The number of primary amides is 1. The van der Waals surface area contributed by atoms with Crippen LogP contribution in [0.4, 0.5) is 4.79 Å². The molecule has 0 aliphatic heterocycles. The second-order valence-electron chi connectivity index (χ2n) is 4.29. The molecule has 5 N–H and O–H groups in total. The predicted octanol–water partition coefficient (Wildman–Crippen LogP) is 0.827. The number of aliphatic carboxylic acids is 1. The van der Waals surface area contributed by atoms with Crippen LogP contribution >= 0.6 is 11.3 Å². The van der Waals surface area contributed by atoms with E-state index in [1.54, 1.807) is 6.92 Å². The van der Waals surface area contributed by atoms with Gasteiger partial charge in [-0.2, -0.15) is 11.3 Å². The fourth-order valence-corrected chi connectivity index (χ4v) is 2.30. The maximum absolute atomic E-state index is 11.7. The number of carboxylic acid groups (broad SMARTS) is 1. The summed E-state index contributed by atoms with van der Waals surface area (Å²) in [5.74, 6) is -1.81. The topological polar surface area (TPSA) is 122 Å². The molecule has 0 aliphatic rings. The highest BCUT2D eigenvalue weighted by Gasteiger charge is 2.21. The molecule has 1 rings (SSSR count). The smallest absolute Gasteiger partial charge is 0.326 e. The van der Waals surface area contributed by atoms with Gasteiger partial charge in [0.15, 0.2) is 0 Å². The molecule has 20 heavy (non-hydrogen) atoms. The molecule has 1 heterocycles. The number of carbonyl (C=O) groups is 3. The normalized spacial score (nSPS) is 13.2. The Balaban J connectivity index is 2.49. The molecule has 0 bridgehead atoms. The van der Waals surface area contributed by atoms with Crippen molar-refractivity contribution in [2.75, 3.05) is 0 Å². The van der Waals surface area contributed by atoms with E-state index in [1.165, 1.54) is 11.3 Å². The molecule has 1 aromatic heterocycles. The standard InChI is InChI=1S/C12H17N3O4S/c1-7(8-4-5-20-6-8)14-12(19)15-9(11(17)18)2-3-10(13)16/h4-7,9H,2-3H2,1H3,(H2,13,16)(H,17,18)(H2,14,15,19). The van der Waals surface area contributed by atoms with Crippen molar-refractivity contribution in [3.05, 3.63) is 22.4 Å². The number of carbonyl (C=O) groups excluding carboxylic acids is 2. The number of hydrogen-bond donors (Lipinski definition) is 4. The molecule has 2 atom stereocenters. The monoisotopic (exact) mass is 299 g/mol. The zero-order valence-electron chi connectivity index (χ0n) is 11.0. The van der Waals surface area contributed by atoms with E-state index in [4.69, 9.17) is 10.8 Å². The highest BCUT2D eigenvalue weighted by atomic mass is 32.1. The summed E-state index contributed by atoms with van der Waals surface area (Å²) in [5, 5.41) is 17.7. The first-order chi connectivity index (χ1) is 9.40. The molecule has 0 saturated heterocycles. The zero-order valence-corrected chi connectivity index (χ0v) is 11.8. The van der Waals surface area contributed by atoms with Gasteiger partial charge in [-0.25, -0.2) is 9.59 Å². The van der Waals surface area contributed by atoms with Crippen molar-refractivity contribution >= 4 is 29.2 Å². The molecule has 3 amide bonds. The third-order valence-corrected chi connectivity index (χ3v) is 3.38. The fourth-order valence-electron chi connectivity index (χ4n) is 1.55. The number of carboxylic acids is 1. The van der Waals surface area contributed by atoms with Crippen LogP contribution in [0, 0.1) is 0 Å². The highest BCUT2D eigenvalue weighted by Crippen LogP contribution is 2.15. The Kier molecular flexibility index (Phi) is 5.98. The molecule has 110 valence electrons. The minimum atomic E-state index is -1.20. The molecule has 0 spiro atoms. The Morgan fingerprint density at radius 3 is 2.60 bits per heavy atom. The number of urea groups is 1. The second kappa shape index (κ2) is 7.49. The van der Waals surface area contributed by atoms with E-state index in [2.05, 4.69) is 10.6 Å². The summed E-state index contributed by atoms with van der Waals surface area (Å²) in [6, 6.07) is -0.0956. The lowest BCUT2D eigenvalue weighted by molar-refractivity contribution is -0.139. The molecule has 1 aromatic rings. The van der Waals surface area contributed by atoms with Gasteiger partial charge in [0.05, 0.1) is 6.04 Å². The lowest BCUT2D eigenvalue weighted by atomic mass is 10.1. The maximum Gasteiger partial charge on any atom is 0.326 e. The summed E-state index contributed by atoms with van der Waals surface area (Å²) in [6.07, 6.45) is -0.137. The summed E-state index contributed by atoms with van der Waals surface area (Å²) in [5.41, 5.74) is 5.90. The molecular formula is C12H17N3O4S. The van der Waals surface area contributed by atoms with E-state index in [0.29, 0.717) is 0 Å². The molecule has 0 fully saturated rings. The summed E-state index contributed by atoms with van der Waals surface area (Å²) in [4.78, 5) is 33.3. The van der Waals surface area contributed by atoms with E-state index < -0.39 is 23.9 Å². The molecule has 0 aliphatic carbocycles. The Bertz CT molecular complexity index is 475. The van der Waals surface area contributed by atoms with Gasteiger partial charge in [-0.05, 0) is 35.7 Å². The third kappa shape index (κ3) is 5.27. The van der Waals surface area contributed by atoms with E-state index in [1.807, 2.05) is 16.8 Å². The Morgan fingerprint density at radius 1 is 1.40 bits per heavy atom. The van der Waals surface area contributed by atoms with Crippen molar-refractivity contribution in [3.8, 4) is 0 Å². The van der Waals surface area contributed by atoms with Crippen LogP contribution in [0.2, 0.25) is 0 Å². The third-order valence-electron chi connectivity index (χ3n) is 2.67. The second-order valence-corrected chi connectivity index (χ2v) is 5.07. The van der Waals surface area contributed by atoms with E-state index in [0.717, 1.165) is 5.56 Å². The summed E-state index contributed by atoms with van der Waals surface area (Å²) < 4.78 is 0. The van der Waals surface area contributed by atoms with Crippen molar-refractivity contribution < 1.29 is 19.5 Å². The number of nitrogens with one attached hydrogen (secondary N) is 2. The van der Waals surface area contributed by atoms with Crippen LogP contribution in [0.1, 0.15) is 31.4 Å². The van der Waals surface area contributed by atoms with Gasteiger partial charge in [0, 0.05) is 6.42 Å². The average Bonchev–Trinajstić information content (AvgIpc) is 2.87. The highest BCUT2D eigenvalue weighted by molar-refractivity contribution is 7.07. The molecule has 0 saturated carbocycles. The van der Waals surface area contributed by atoms with Crippen molar-refractivity contribution in [2.45, 2.75) is 31.8 Å². The summed E-state index contributed by atoms with van der Waals surface area (Å²) >= 11 is 1.51. The first-order valence-electron chi connectivity index (χ1n) is 6.00. The van der Waals surface area contributed by atoms with Gasteiger partial charge in [0.25, 0.3) is 0 Å². The minimum absolute atomic E-state index is 0.0368. The van der Waals surface area contributed by atoms with Gasteiger partial charge in [-0.3, -0.25) is 4.79 Å². The van der Waals surface area contributed by atoms with Crippen molar-refractivity contribution in [1.29, 1.82) is 0 Å². The average molecular weight is 299 g/mol. The molecule has 2 unspecified atom stereocenters. The number of amides is 3. The van der Waals surface area contributed by atoms with Gasteiger partial charge in [0.1, 0.15) is 6.04 Å². The number of thiophene rings is 1. The van der Waals surface area contributed by atoms with Crippen LogP contribution in [0.5, 0.6) is 0 Å². The van der Waals surface area contributed by atoms with Gasteiger partial charge < -0.3 is 21.5 Å². The summed E-state index contributed by atoms with van der Waals surface area (Å²) in [6.45, 7) is 1.79. The van der Waals surface area contributed by atoms with E-state index >= 15 is 0 Å². The van der Waals surface area contributed by atoms with Crippen LogP contribution in [0.3, 0.4) is 0 Å². The van der Waals surface area contributed by atoms with Gasteiger partial charge in [-0.15, -0.1) is 0 Å². The van der Waals surface area contributed by atoms with Crippen LogP contribution in [0.15, 0.2) is 16.8 Å². The first-order valence-corrected chi connectivity index (χ1v) is 6.94. The predicted molar refractivity (Wildman–Crippen MR) is 74.3 cm³/mol. The van der Waals surface area contributed by atoms with E-state index in [-0.39, 0.29) is 18.9 Å². The Morgan fingerprint density at radius 2 is 2.10 bits per heavy atom. The quantitative estimate of drug-likeness (QED) is 0.595. The van der Waals surface area contributed by atoms with Crippen LogP contribution < -0.4 is 16.4 Å². The van der Waals surface area contributed by atoms with Gasteiger partial charge in [-0.1, -0.05) is 0 Å². The molecule has 8 heteroatoms. The van der Waals surface area contributed by atoms with Crippen LogP contribution in [0.25, 0.3) is 0 Å². The molecule has 0 aromatic carbocycles. The number of hydrogen-bond acceptors (Lipinski definition) is 4. The fraction of sp³-hybridized carbons (Fsp3) is 0.417. The summed E-state index contributed by atoms with van der Waals surface area (Å²) in [7, 11) is 0. The van der Waals surface area contributed by atoms with Crippen molar-refractivity contribution in [1.82, 2.24) is 10.6 Å². The van der Waals surface area contributed by atoms with Gasteiger partial charge >= 0.3 is 12.0 Å². The maximum atomic E-state index is 11.7. The Hall–Kier alpha value is -2.09. The lowest BCUT2D eigenvalue weighted by Crippen LogP contribution is -2.46. The largest absolute Gasteiger partial charge is 0.480 e. The molecule has 0 radical (unpaired) electrons. The van der Waals surface area contributed by atoms with Crippen molar-refractivity contribution in [3.63, 3.8) is 0 Å². The van der Waals surface area contributed by atoms with Crippen LogP contribution in [-0.2, 0) is 9.59 Å².